The van der Waals surface area contributed by atoms with E-state index >= 15 is 0 Å². The molecule has 0 bridgehead atoms. The number of hydrogen-bond donors (Lipinski definition) is 0. The molecule has 1 aliphatic rings. The van der Waals surface area contributed by atoms with Gasteiger partial charge in [-0.15, -0.1) is 0 Å². The Balaban J connectivity index is 0.00000136. The zero-order valence-corrected chi connectivity index (χ0v) is 17.6. The third-order valence-electron chi connectivity index (χ3n) is 5.09. The van der Waals surface area contributed by atoms with E-state index in [1.807, 2.05) is 19.9 Å². The summed E-state index contributed by atoms with van der Waals surface area (Å²) in [6.07, 6.45) is 2.70. The van der Waals surface area contributed by atoms with Crippen molar-refractivity contribution in [2.45, 2.75) is 59.6 Å². The molecule has 1 aliphatic heterocycles. The van der Waals surface area contributed by atoms with Crippen molar-refractivity contribution in [2.24, 2.45) is 0 Å². The lowest BCUT2D eigenvalue weighted by atomic mass is 9.96. The first-order chi connectivity index (χ1) is 13.4. The van der Waals surface area contributed by atoms with Crippen molar-refractivity contribution in [2.75, 3.05) is 7.11 Å². The summed E-state index contributed by atoms with van der Waals surface area (Å²) in [5.74, 6) is -0.385. The molecule has 1 unspecified atom stereocenters. The summed E-state index contributed by atoms with van der Waals surface area (Å²) in [7, 11) is 1.55. The first kappa shape index (κ1) is 21.8. The Morgan fingerprint density at radius 3 is 2.57 bits per heavy atom. The molecular weight excluding hydrogens is 352 g/mol. The van der Waals surface area contributed by atoms with Crippen LogP contribution in [0.25, 0.3) is 24.5 Å². The van der Waals surface area contributed by atoms with Crippen molar-refractivity contribution < 1.29 is 9.53 Å². The van der Waals surface area contributed by atoms with Crippen molar-refractivity contribution >= 4 is 19.4 Å². The Hall–Kier alpha value is -2.53. The summed E-state index contributed by atoms with van der Waals surface area (Å²) in [5.41, 5.74) is 4.82. The molecular formula is C23H30N2O3. The van der Waals surface area contributed by atoms with Gasteiger partial charge in [-0.25, -0.2) is 4.98 Å². The second-order valence-corrected chi connectivity index (χ2v) is 6.81. The van der Waals surface area contributed by atoms with Crippen LogP contribution in [0.5, 0.6) is 0 Å². The van der Waals surface area contributed by atoms with Crippen LogP contribution in [0.15, 0.2) is 10.9 Å². The third kappa shape index (κ3) is 3.59. The van der Waals surface area contributed by atoms with Crippen molar-refractivity contribution in [3.8, 4) is 11.4 Å². The number of rotatable bonds is 6. The minimum absolute atomic E-state index is 0.121. The van der Waals surface area contributed by atoms with Crippen molar-refractivity contribution in [3.63, 3.8) is 0 Å². The van der Waals surface area contributed by atoms with Crippen LogP contribution < -0.4 is 16.1 Å². The van der Waals surface area contributed by atoms with Crippen LogP contribution >= 0.6 is 0 Å². The second kappa shape index (κ2) is 9.11. The van der Waals surface area contributed by atoms with E-state index in [9.17, 15) is 9.59 Å². The monoisotopic (exact) mass is 382 g/mol. The van der Waals surface area contributed by atoms with Crippen LogP contribution in [-0.2, 0) is 29.1 Å². The van der Waals surface area contributed by atoms with Crippen molar-refractivity contribution in [1.29, 1.82) is 0 Å². The number of methoxy groups -OCH3 is 1. The fourth-order valence-electron chi connectivity index (χ4n) is 3.69. The SMILES string of the molecule is C=c1nc2c(c(CCC)c1=C)Cn1c-2cc(C(C)C=O)c(COC)c1=O.CC. The predicted octanol–water partition coefficient (Wildman–Crippen LogP) is 2.52. The number of pyridine rings is 2. The van der Waals surface area contributed by atoms with Gasteiger partial charge in [0.15, 0.2) is 0 Å². The van der Waals surface area contributed by atoms with Crippen LogP contribution in [0.3, 0.4) is 0 Å². The van der Waals surface area contributed by atoms with Crippen LogP contribution in [0.4, 0.5) is 0 Å². The molecule has 0 saturated heterocycles. The first-order valence-electron chi connectivity index (χ1n) is 9.85. The predicted molar refractivity (Wildman–Crippen MR) is 114 cm³/mol. The van der Waals surface area contributed by atoms with Gasteiger partial charge in [-0.1, -0.05) is 47.3 Å². The van der Waals surface area contributed by atoms with E-state index in [4.69, 9.17) is 4.74 Å². The van der Waals surface area contributed by atoms with E-state index in [2.05, 4.69) is 25.1 Å². The maximum absolute atomic E-state index is 13.1. The number of carbonyl (C=O) groups is 1. The van der Waals surface area contributed by atoms with Crippen LogP contribution in [-0.4, -0.2) is 22.9 Å². The quantitative estimate of drug-likeness (QED) is 0.615. The summed E-state index contributed by atoms with van der Waals surface area (Å²) >= 11 is 0. The van der Waals surface area contributed by atoms with Gasteiger partial charge in [0.25, 0.3) is 5.56 Å². The van der Waals surface area contributed by atoms with Crippen LogP contribution in [0.2, 0.25) is 0 Å². The minimum Gasteiger partial charge on any atom is -0.380 e. The third-order valence-corrected chi connectivity index (χ3v) is 5.09. The minimum atomic E-state index is -0.385. The van der Waals surface area contributed by atoms with Gasteiger partial charge in [-0.3, -0.25) is 4.79 Å². The van der Waals surface area contributed by atoms with E-state index in [1.54, 1.807) is 18.6 Å². The normalized spacial score (nSPS) is 12.6. The summed E-state index contributed by atoms with van der Waals surface area (Å²) in [6.45, 7) is 16.7. The lowest BCUT2D eigenvalue weighted by Gasteiger charge is -2.14. The van der Waals surface area contributed by atoms with E-state index in [-0.39, 0.29) is 18.1 Å². The lowest BCUT2D eigenvalue weighted by molar-refractivity contribution is -0.108. The Bertz CT molecular complexity index is 1040. The number of nitrogens with zero attached hydrogens (tertiary/aromatic N) is 2. The number of hydrogen-bond acceptors (Lipinski definition) is 4. The fourth-order valence-corrected chi connectivity index (χ4v) is 3.69. The van der Waals surface area contributed by atoms with E-state index in [0.29, 0.717) is 23.0 Å². The molecule has 1 atom stereocenters. The molecule has 0 aliphatic carbocycles. The van der Waals surface area contributed by atoms with Gasteiger partial charge in [0.05, 0.1) is 29.9 Å². The van der Waals surface area contributed by atoms with E-state index in [0.717, 1.165) is 46.9 Å². The molecule has 0 radical (unpaired) electrons. The van der Waals surface area contributed by atoms with E-state index in [1.165, 1.54) is 0 Å². The maximum atomic E-state index is 13.1. The molecule has 0 saturated carbocycles. The summed E-state index contributed by atoms with van der Waals surface area (Å²) in [6, 6.07) is 1.91. The highest BCUT2D eigenvalue weighted by molar-refractivity contribution is 5.70. The molecule has 0 N–H and O–H groups in total. The summed E-state index contributed by atoms with van der Waals surface area (Å²) in [5, 5.41) is 1.49. The number of carbonyl (C=O) groups excluding carboxylic acids is 1. The molecule has 3 rings (SSSR count). The highest BCUT2D eigenvalue weighted by Gasteiger charge is 2.28. The fraction of sp³-hybridized carbons (Fsp3) is 0.435. The highest BCUT2D eigenvalue weighted by atomic mass is 16.5. The molecule has 150 valence electrons. The maximum Gasteiger partial charge on any atom is 0.257 e. The topological polar surface area (TPSA) is 61.2 Å². The van der Waals surface area contributed by atoms with Crippen LogP contribution in [0, 0.1) is 0 Å². The molecule has 3 heterocycles. The van der Waals surface area contributed by atoms with Crippen molar-refractivity contribution in [3.05, 3.63) is 49.2 Å². The molecule has 2 aromatic rings. The summed E-state index contributed by atoms with van der Waals surface area (Å²) in [4.78, 5) is 29.1. The van der Waals surface area contributed by atoms with Gasteiger partial charge < -0.3 is 14.1 Å². The summed E-state index contributed by atoms with van der Waals surface area (Å²) < 4.78 is 6.94. The first-order valence-corrected chi connectivity index (χ1v) is 9.85. The average Bonchev–Trinajstić information content (AvgIpc) is 3.07. The molecule has 28 heavy (non-hydrogen) atoms. The molecule has 5 heteroatoms. The molecule has 2 aromatic heterocycles. The van der Waals surface area contributed by atoms with Crippen LogP contribution in [0.1, 0.15) is 62.3 Å². The Kier molecular flexibility index (Phi) is 7.08. The smallest absolute Gasteiger partial charge is 0.257 e. The zero-order chi connectivity index (χ0) is 21.0. The van der Waals surface area contributed by atoms with Gasteiger partial charge in [0.2, 0.25) is 0 Å². The number of fused-ring (bicyclic) bond motifs is 3. The number of aromatic nitrogens is 2. The lowest BCUT2D eigenvalue weighted by Crippen LogP contribution is -2.31. The zero-order valence-electron chi connectivity index (χ0n) is 17.6. The Morgan fingerprint density at radius 1 is 1.32 bits per heavy atom. The van der Waals surface area contributed by atoms with Gasteiger partial charge in [-0.05, 0) is 28.8 Å². The molecule has 0 amide bonds. The van der Waals surface area contributed by atoms with Gasteiger partial charge in [0, 0.05) is 24.2 Å². The van der Waals surface area contributed by atoms with Gasteiger partial charge in [-0.2, -0.15) is 0 Å². The molecule has 0 aromatic carbocycles. The Morgan fingerprint density at radius 2 is 2.00 bits per heavy atom. The molecule has 0 spiro atoms. The largest absolute Gasteiger partial charge is 0.380 e. The highest BCUT2D eigenvalue weighted by Crippen LogP contribution is 2.32. The van der Waals surface area contributed by atoms with Gasteiger partial charge in [0.1, 0.15) is 6.29 Å². The number of ether oxygens (including phenoxy) is 1. The van der Waals surface area contributed by atoms with E-state index < -0.39 is 0 Å². The van der Waals surface area contributed by atoms with Gasteiger partial charge >= 0.3 is 0 Å². The van der Waals surface area contributed by atoms with Crippen molar-refractivity contribution in [1.82, 2.24) is 9.55 Å². The molecule has 0 fully saturated rings. The standard InChI is InChI=1S/C21H24N2O3.C2H6/c1-6-7-15-13(3)14(4)22-20-17(15)9-23-19(20)8-16(12(2)10-24)18(11-26-5)21(23)25;1-2/h8,10,12H,3-4,6-7,9,11H2,1-2,5H3;1-2H3. The molecule has 5 nitrogen and oxygen atoms in total. The average molecular weight is 383 g/mol. The number of aldehydes is 1. The Labute approximate surface area is 166 Å². The second-order valence-electron chi connectivity index (χ2n) is 6.81.